The summed E-state index contributed by atoms with van der Waals surface area (Å²) in [5, 5.41) is 20.8. The fraction of sp³-hybridized carbons (Fsp3) is 0.385. The Balaban J connectivity index is 1.92. The maximum atomic E-state index is 11.0. The van der Waals surface area contributed by atoms with Crippen molar-refractivity contribution in [2.75, 3.05) is 24.7 Å². The molecule has 0 saturated carbocycles. The summed E-state index contributed by atoms with van der Waals surface area (Å²) in [4.78, 5) is 12.9. The summed E-state index contributed by atoms with van der Waals surface area (Å²) in [7, 11) is 0. The molecule has 1 atom stereocenters. The number of carboxylic acid groups (broad SMARTS) is 1. The first-order valence-corrected chi connectivity index (χ1v) is 6.65. The molecule has 8 heteroatoms. The molecule has 1 N–H and O–H groups in total. The predicted molar refractivity (Wildman–Crippen MR) is 73.4 cm³/mol. The molecule has 2 aromatic rings. The van der Waals surface area contributed by atoms with Crippen LogP contribution in [0.1, 0.15) is 6.42 Å². The maximum absolute atomic E-state index is 11.0. The minimum Gasteiger partial charge on any atom is -0.481 e. The Hall–Kier alpha value is -2.48. The van der Waals surface area contributed by atoms with E-state index in [2.05, 4.69) is 15.5 Å². The number of para-hydroxylation sites is 1. The Kier molecular flexibility index (Phi) is 3.78. The van der Waals surface area contributed by atoms with Gasteiger partial charge in [0.2, 0.25) is 0 Å². The lowest BCUT2D eigenvalue weighted by Crippen LogP contribution is -2.47. The summed E-state index contributed by atoms with van der Waals surface area (Å²) in [6.45, 7) is 1.44. The summed E-state index contributed by atoms with van der Waals surface area (Å²) < 4.78 is 6.99. The van der Waals surface area contributed by atoms with Crippen LogP contribution < -0.4 is 4.90 Å². The summed E-state index contributed by atoms with van der Waals surface area (Å²) in [6.07, 6.45) is -0.0123. The predicted octanol–water partition coefficient (Wildman–Crippen LogP) is 0.342. The van der Waals surface area contributed by atoms with E-state index in [4.69, 9.17) is 9.84 Å². The molecular formula is C13H15N5O3. The average Bonchev–Trinajstić information content (AvgIpc) is 2.97. The van der Waals surface area contributed by atoms with Gasteiger partial charge >= 0.3 is 5.97 Å². The SMILES string of the molecule is O=C(O)CC1COCCN1c1nnnn1-c1ccccc1. The normalized spacial score (nSPS) is 18.7. The van der Waals surface area contributed by atoms with Crippen LogP contribution in [0.5, 0.6) is 0 Å². The van der Waals surface area contributed by atoms with Gasteiger partial charge in [-0.1, -0.05) is 23.3 Å². The van der Waals surface area contributed by atoms with Gasteiger partial charge in [0.15, 0.2) is 0 Å². The van der Waals surface area contributed by atoms with E-state index >= 15 is 0 Å². The Morgan fingerprint density at radius 2 is 2.19 bits per heavy atom. The zero-order chi connectivity index (χ0) is 14.7. The van der Waals surface area contributed by atoms with Gasteiger partial charge in [0.25, 0.3) is 5.95 Å². The largest absolute Gasteiger partial charge is 0.481 e. The summed E-state index contributed by atoms with van der Waals surface area (Å²) in [5.41, 5.74) is 0.832. The molecule has 0 radical (unpaired) electrons. The first-order valence-electron chi connectivity index (χ1n) is 6.65. The highest BCUT2D eigenvalue weighted by molar-refractivity contribution is 5.68. The van der Waals surface area contributed by atoms with Crippen molar-refractivity contribution in [3.63, 3.8) is 0 Å². The molecule has 2 heterocycles. The Bertz CT molecular complexity index is 615. The van der Waals surface area contributed by atoms with E-state index in [0.717, 1.165) is 5.69 Å². The monoisotopic (exact) mass is 289 g/mol. The van der Waals surface area contributed by atoms with Crippen LogP contribution in [0.15, 0.2) is 30.3 Å². The number of aromatic nitrogens is 4. The number of morpholine rings is 1. The van der Waals surface area contributed by atoms with Gasteiger partial charge in [-0.3, -0.25) is 4.79 Å². The summed E-state index contributed by atoms with van der Waals surface area (Å²) in [5.74, 6) is -0.329. The second kappa shape index (κ2) is 5.88. The van der Waals surface area contributed by atoms with Crippen LogP contribution in [0.3, 0.4) is 0 Å². The molecule has 1 aromatic carbocycles. The first-order chi connectivity index (χ1) is 10.3. The third-order valence-corrected chi connectivity index (χ3v) is 3.35. The lowest BCUT2D eigenvalue weighted by atomic mass is 10.1. The van der Waals surface area contributed by atoms with Crippen molar-refractivity contribution in [1.29, 1.82) is 0 Å². The van der Waals surface area contributed by atoms with Crippen LogP contribution in [-0.4, -0.2) is 57.1 Å². The summed E-state index contributed by atoms with van der Waals surface area (Å²) in [6, 6.07) is 9.22. The second-order valence-electron chi connectivity index (χ2n) is 4.75. The van der Waals surface area contributed by atoms with E-state index in [1.807, 2.05) is 35.2 Å². The Morgan fingerprint density at radius 1 is 1.38 bits per heavy atom. The topological polar surface area (TPSA) is 93.4 Å². The maximum Gasteiger partial charge on any atom is 0.305 e. The van der Waals surface area contributed by atoms with E-state index in [-0.39, 0.29) is 12.5 Å². The van der Waals surface area contributed by atoms with Gasteiger partial charge in [0, 0.05) is 6.54 Å². The number of carbonyl (C=O) groups is 1. The molecule has 1 saturated heterocycles. The highest BCUT2D eigenvalue weighted by Gasteiger charge is 2.29. The van der Waals surface area contributed by atoms with Gasteiger partial charge in [-0.25, -0.2) is 0 Å². The van der Waals surface area contributed by atoms with E-state index in [0.29, 0.717) is 25.7 Å². The molecular weight excluding hydrogens is 274 g/mol. The van der Waals surface area contributed by atoms with Crippen molar-refractivity contribution in [2.24, 2.45) is 0 Å². The fourth-order valence-corrected chi connectivity index (χ4v) is 2.39. The second-order valence-corrected chi connectivity index (χ2v) is 4.75. The molecule has 1 aromatic heterocycles. The van der Waals surface area contributed by atoms with Gasteiger partial charge in [0.1, 0.15) is 0 Å². The quantitative estimate of drug-likeness (QED) is 0.867. The molecule has 0 spiro atoms. The van der Waals surface area contributed by atoms with Crippen molar-refractivity contribution >= 4 is 11.9 Å². The number of aliphatic carboxylic acids is 1. The van der Waals surface area contributed by atoms with Gasteiger partial charge < -0.3 is 14.7 Å². The molecule has 21 heavy (non-hydrogen) atoms. The molecule has 8 nitrogen and oxygen atoms in total. The van der Waals surface area contributed by atoms with Crippen LogP contribution in [0.2, 0.25) is 0 Å². The van der Waals surface area contributed by atoms with E-state index in [9.17, 15) is 4.79 Å². The molecule has 0 bridgehead atoms. The number of nitrogens with zero attached hydrogens (tertiary/aromatic N) is 5. The van der Waals surface area contributed by atoms with Gasteiger partial charge in [-0.05, 0) is 22.6 Å². The molecule has 3 rings (SSSR count). The number of tetrazole rings is 1. The number of hydrogen-bond donors (Lipinski definition) is 1. The molecule has 1 aliphatic rings. The highest BCUT2D eigenvalue weighted by atomic mass is 16.5. The molecule has 0 aliphatic carbocycles. The molecule has 1 aliphatic heterocycles. The number of ether oxygens (including phenoxy) is 1. The number of carboxylic acids is 1. The molecule has 1 unspecified atom stereocenters. The van der Waals surface area contributed by atoms with E-state index < -0.39 is 5.97 Å². The minimum atomic E-state index is -0.866. The lowest BCUT2D eigenvalue weighted by Gasteiger charge is -2.34. The smallest absolute Gasteiger partial charge is 0.305 e. The Labute approximate surface area is 120 Å². The summed E-state index contributed by atoms with van der Waals surface area (Å²) >= 11 is 0. The van der Waals surface area contributed by atoms with E-state index in [1.54, 1.807) is 4.68 Å². The van der Waals surface area contributed by atoms with Crippen molar-refractivity contribution in [3.05, 3.63) is 30.3 Å². The van der Waals surface area contributed by atoms with Crippen LogP contribution in [0, 0.1) is 0 Å². The number of rotatable bonds is 4. The van der Waals surface area contributed by atoms with Crippen molar-refractivity contribution in [1.82, 2.24) is 20.2 Å². The van der Waals surface area contributed by atoms with Gasteiger partial charge in [0.05, 0.1) is 31.4 Å². The van der Waals surface area contributed by atoms with Crippen molar-refractivity contribution in [2.45, 2.75) is 12.5 Å². The van der Waals surface area contributed by atoms with Gasteiger partial charge in [-0.15, -0.1) is 0 Å². The number of anilines is 1. The highest BCUT2D eigenvalue weighted by Crippen LogP contribution is 2.21. The van der Waals surface area contributed by atoms with Crippen molar-refractivity contribution in [3.8, 4) is 5.69 Å². The van der Waals surface area contributed by atoms with Crippen LogP contribution in [0.4, 0.5) is 5.95 Å². The van der Waals surface area contributed by atoms with Crippen LogP contribution >= 0.6 is 0 Å². The minimum absolute atomic E-state index is 0.0123. The van der Waals surface area contributed by atoms with Crippen molar-refractivity contribution < 1.29 is 14.6 Å². The van der Waals surface area contributed by atoms with Gasteiger partial charge in [-0.2, -0.15) is 4.68 Å². The standard InChI is InChI=1S/C13H15N5O3/c19-12(20)8-11-9-21-7-6-17(11)13-14-15-16-18(13)10-4-2-1-3-5-10/h1-5,11H,6-9H2,(H,19,20). The zero-order valence-electron chi connectivity index (χ0n) is 11.3. The van der Waals surface area contributed by atoms with Crippen LogP contribution in [-0.2, 0) is 9.53 Å². The lowest BCUT2D eigenvalue weighted by molar-refractivity contribution is -0.138. The molecule has 110 valence electrons. The third-order valence-electron chi connectivity index (χ3n) is 3.35. The number of benzene rings is 1. The molecule has 0 amide bonds. The van der Waals surface area contributed by atoms with Crippen LogP contribution in [0.25, 0.3) is 5.69 Å². The number of hydrogen-bond acceptors (Lipinski definition) is 6. The third kappa shape index (κ3) is 2.84. The molecule has 1 fully saturated rings. The first kappa shape index (κ1) is 13.5. The zero-order valence-corrected chi connectivity index (χ0v) is 11.3. The average molecular weight is 289 g/mol. The Morgan fingerprint density at radius 3 is 2.95 bits per heavy atom. The fourth-order valence-electron chi connectivity index (χ4n) is 2.39. The van der Waals surface area contributed by atoms with E-state index in [1.165, 1.54) is 0 Å².